The van der Waals surface area contributed by atoms with E-state index < -0.39 is 12.1 Å². The number of nitrogens with one attached hydrogen (secondary N) is 1. The summed E-state index contributed by atoms with van der Waals surface area (Å²) in [4.78, 5) is 25.0. The molecular weight excluding hydrogens is 358 g/mol. The Morgan fingerprint density at radius 1 is 1.04 bits per heavy atom. The fourth-order valence-electron chi connectivity index (χ4n) is 3.02. The van der Waals surface area contributed by atoms with Crippen LogP contribution in [0.3, 0.4) is 0 Å². The summed E-state index contributed by atoms with van der Waals surface area (Å²) in [7, 11) is 0. The second-order valence-corrected chi connectivity index (χ2v) is 7.09. The third kappa shape index (κ3) is 4.27. The van der Waals surface area contributed by atoms with Crippen LogP contribution in [0.2, 0.25) is 0 Å². The van der Waals surface area contributed by atoms with Gasteiger partial charge in [-0.1, -0.05) is 32.0 Å². The maximum Gasteiger partial charge on any atom is 0.339 e. The number of rotatable bonds is 5. The quantitative estimate of drug-likeness (QED) is 0.788. The minimum absolute atomic E-state index is 0.255. The average molecular weight is 383 g/mol. The average Bonchev–Trinajstić information content (AvgIpc) is 2.68. The summed E-state index contributed by atoms with van der Waals surface area (Å²) in [6.07, 6.45) is -0.944. The molecule has 2 aromatic rings. The molecule has 1 aliphatic heterocycles. The van der Waals surface area contributed by atoms with Gasteiger partial charge in [-0.05, 0) is 49.1 Å². The molecule has 0 fully saturated rings. The van der Waals surface area contributed by atoms with Gasteiger partial charge in [0, 0.05) is 5.69 Å². The Kier molecular flexibility index (Phi) is 5.87. The van der Waals surface area contributed by atoms with Crippen LogP contribution in [0.5, 0.6) is 11.5 Å². The molecule has 6 nitrogen and oxygen atoms in total. The Bertz CT molecular complexity index is 890. The number of carbonyl (C=O) groups is 2. The lowest BCUT2D eigenvalue weighted by molar-refractivity contribution is -0.123. The van der Waals surface area contributed by atoms with Gasteiger partial charge in [0.05, 0.1) is 5.56 Å². The molecule has 1 aliphatic rings. The second-order valence-electron chi connectivity index (χ2n) is 7.09. The van der Waals surface area contributed by atoms with Crippen LogP contribution in [0, 0.1) is 6.92 Å². The van der Waals surface area contributed by atoms with Crippen molar-refractivity contribution in [3.8, 4) is 11.5 Å². The number of hydrogen-bond donors (Lipinski definition) is 1. The number of benzene rings is 2. The number of fused-ring (bicyclic) bond motifs is 1. The fourth-order valence-corrected chi connectivity index (χ4v) is 3.02. The highest BCUT2D eigenvalue weighted by atomic mass is 16.6. The van der Waals surface area contributed by atoms with Gasteiger partial charge in [-0.2, -0.15) is 0 Å². The molecule has 0 aromatic heterocycles. The van der Waals surface area contributed by atoms with Crippen molar-refractivity contribution in [1.82, 2.24) is 0 Å². The summed E-state index contributed by atoms with van der Waals surface area (Å²) >= 11 is 0. The van der Waals surface area contributed by atoms with Crippen molar-refractivity contribution in [3.63, 3.8) is 0 Å². The summed E-state index contributed by atoms with van der Waals surface area (Å²) in [5, 5.41) is 2.91. The van der Waals surface area contributed by atoms with Crippen LogP contribution >= 0.6 is 0 Å². The van der Waals surface area contributed by atoms with E-state index in [1.165, 1.54) is 0 Å². The Morgan fingerprint density at radius 3 is 2.46 bits per heavy atom. The van der Waals surface area contributed by atoms with Crippen LogP contribution in [0.4, 0.5) is 5.69 Å². The van der Waals surface area contributed by atoms with Gasteiger partial charge < -0.3 is 19.5 Å². The van der Waals surface area contributed by atoms with Gasteiger partial charge in [-0.3, -0.25) is 4.79 Å². The number of ether oxygens (including phenoxy) is 3. The lowest BCUT2D eigenvalue weighted by Crippen LogP contribution is -2.30. The molecule has 1 N–H and O–H groups in total. The monoisotopic (exact) mass is 383 g/mol. The highest BCUT2D eigenvalue weighted by molar-refractivity contribution is 5.98. The smallest absolute Gasteiger partial charge is 0.339 e. The Hall–Kier alpha value is -3.02. The maximum atomic E-state index is 12.6. The SMILES string of the molecule is Cc1cccc(C(C)C)c1NC(=O)[C@@H](C)OC(=O)c1ccc2c(c1)OCCO2. The van der Waals surface area contributed by atoms with Crippen LogP contribution in [-0.2, 0) is 9.53 Å². The van der Waals surface area contributed by atoms with E-state index in [0.717, 1.165) is 16.8 Å². The van der Waals surface area contributed by atoms with E-state index in [2.05, 4.69) is 19.2 Å². The highest BCUT2D eigenvalue weighted by Gasteiger charge is 2.22. The zero-order valence-corrected chi connectivity index (χ0v) is 16.6. The van der Waals surface area contributed by atoms with E-state index in [1.54, 1.807) is 25.1 Å². The number of amides is 1. The van der Waals surface area contributed by atoms with E-state index in [9.17, 15) is 9.59 Å². The molecule has 0 saturated carbocycles. The van der Waals surface area contributed by atoms with Crippen molar-refractivity contribution in [2.45, 2.75) is 39.7 Å². The molecule has 1 heterocycles. The van der Waals surface area contributed by atoms with Crippen molar-refractivity contribution in [2.24, 2.45) is 0 Å². The molecular formula is C22H25NO5. The molecule has 0 bridgehead atoms. The molecule has 6 heteroatoms. The zero-order chi connectivity index (χ0) is 20.3. The molecule has 0 radical (unpaired) electrons. The number of esters is 1. The first-order valence-electron chi connectivity index (χ1n) is 9.38. The highest BCUT2D eigenvalue weighted by Crippen LogP contribution is 2.31. The number of hydrogen-bond acceptors (Lipinski definition) is 5. The first kappa shape index (κ1) is 19.7. The molecule has 0 unspecified atom stereocenters. The number of anilines is 1. The predicted molar refractivity (Wildman–Crippen MR) is 106 cm³/mol. The normalized spacial score (nSPS) is 13.8. The van der Waals surface area contributed by atoms with Crippen LogP contribution in [-0.4, -0.2) is 31.2 Å². The molecule has 0 saturated heterocycles. The van der Waals surface area contributed by atoms with E-state index in [-0.39, 0.29) is 11.8 Å². The van der Waals surface area contributed by atoms with E-state index in [1.807, 2.05) is 25.1 Å². The molecule has 2 aromatic carbocycles. The molecule has 0 spiro atoms. The molecule has 3 rings (SSSR count). The summed E-state index contributed by atoms with van der Waals surface area (Å²) < 4.78 is 16.3. The summed E-state index contributed by atoms with van der Waals surface area (Å²) in [6, 6.07) is 10.7. The van der Waals surface area contributed by atoms with E-state index in [0.29, 0.717) is 30.3 Å². The largest absolute Gasteiger partial charge is 0.486 e. The number of aryl methyl sites for hydroxylation is 1. The van der Waals surface area contributed by atoms with E-state index in [4.69, 9.17) is 14.2 Å². The fraction of sp³-hybridized carbons (Fsp3) is 0.364. The molecule has 28 heavy (non-hydrogen) atoms. The van der Waals surface area contributed by atoms with E-state index >= 15 is 0 Å². The third-order valence-electron chi connectivity index (χ3n) is 4.61. The Labute approximate surface area is 164 Å². The first-order valence-corrected chi connectivity index (χ1v) is 9.38. The van der Waals surface area contributed by atoms with Crippen LogP contribution < -0.4 is 14.8 Å². The van der Waals surface area contributed by atoms with Crippen molar-refractivity contribution >= 4 is 17.6 Å². The van der Waals surface area contributed by atoms with Gasteiger partial charge in [-0.15, -0.1) is 0 Å². The van der Waals surface area contributed by atoms with Crippen LogP contribution in [0.15, 0.2) is 36.4 Å². The standard InChI is InChI=1S/C22H25NO5/c1-13(2)17-7-5-6-14(3)20(17)23-21(24)15(4)28-22(25)16-8-9-18-19(12-16)27-11-10-26-18/h5-9,12-13,15H,10-11H2,1-4H3,(H,23,24)/t15-/m1/s1. The maximum absolute atomic E-state index is 12.6. The van der Waals surface area contributed by atoms with Gasteiger partial charge in [0.15, 0.2) is 17.6 Å². The number of carbonyl (C=O) groups excluding carboxylic acids is 2. The topological polar surface area (TPSA) is 73.9 Å². The zero-order valence-electron chi connectivity index (χ0n) is 16.6. The predicted octanol–water partition coefficient (Wildman–Crippen LogP) is 4.07. The van der Waals surface area contributed by atoms with Crippen molar-refractivity contribution < 1.29 is 23.8 Å². The van der Waals surface area contributed by atoms with Crippen molar-refractivity contribution in [1.29, 1.82) is 0 Å². The summed E-state index contributed by atoms with van der Waals surface area (Å²) in [6.45, 7) is 8.53. The Morgan fingerprint density at radius 2 is 1.75 bits per heavy atom. The van der Waals surface area contributed by atoms with Crippen LogP contribution in [0.25, 0.3) is 0 Å². The lowest BCUT2D eigenvalue weighted by Gasteiger charge is -2.20. The lowest BCUT2D eigenvalue weighted by atomic mass is 9.98. The van der Waals surface area contributed by atoms with Gasteiger partial charge in [0.2, 0.25) is 0 Å². The summed E-state index contributed by atoms with van der Waals surface area (Å²) in [5.74, 6) is 0.384. The molecule has 1 atom stereocenters. The molecule has 148 valence electrons. The third-order valence-corrected chi connectivity index (χ3v) is 4.61. The molecule has 1 amide bonds. The van der Waals surface area contributed by atoms with Gasteiger partial charge in [-0.25, -0.2) is 4.79 Å². The molecule has 0 aliphatic carbocycles. The van der Waals surface area contributed by atoms with Gasteiger partial charge in [0.1, 0.15) is 13.2 Å². The van der Waals surface area contributed by atoms with Gasteiger partial charge in [0.25, 0.3) is 5.91 Å². The van der Waals surface area contributed by atoms with Crippen LogP contribution in [0.1, 0.15) is 48.2 Å². The second kappa shape index (κ2) is 8.33. The van der Waals surface area contributed by atoms with Crippen molar-refractivity contribution in [3.05, 3.63) is 53.1 Å². The summed E-state index contributed by atoms with van der Waals surface area (Å²) in [5.41, 5.74) is 3.08. The minimum atomic E-state index is -0.944. The van der Waals surface area contributed by atoms with Crippen molar-refractivity contribution in [2.75, 3.05) is 18.5 Å². The number of para-hydroxylation sites is 1. The minimum Gasteiger partial charge on any atom is -0.486 e. The van der Waals surface area contributed by atoms with Gasteiger partial charge >= 0.3 is 5.97 Å². The first-order chi connectivity index (χ1) is 13.4. The Balaban J connectivity index is 1.69.